The molecular weight excluding hydrogens is 481 g/mol. The summed E-state index contributed by atoms with van der Waals surface area (Å²) in [7, 11) is 0. The fourth-order valence-electron chi connectivity index (χ4n) is 3.30. The van der Waals surface area contributed by atoms with Crippen LogP contribution in [0.15, 0.2) is 75.2 Å². The van der Waals surface area contributed by atoms with E-state index in [0.717, 1.165) is 18.6 Å². The van der Waals surface area contributed by atoms with Crippen molar-refractivity contribution in [2.45, 2.75) is 31.0 Å². The van der Waals surface area contributed by atoms with E-state index in [-0.39, 0.29) is 11.5 Å². The Kier molecular flexibility index (Phi) is 7.75. The minimum absolute atomic E-state index is 0.0204. The monoisotopic (exact) mass is 501 g/mol. The Morgan fingerprint density at radius 1 is 1.06 bits per heavy atom. The number of hydrogen-bond donors (Lipinski definition) is 1. The molecule has 0 bridgehead atoms. The van der Waals surface area contributed by atoms with Crippen molar-refractivity contribution in [3.63, 3.8) is 0 Å². The van der Waals surface area contributed by atoms with Crippen LogP contribution < -0.4 is 10.9 Å². The Labute approximate surface area is 204 Å². The molecule has 33 heavy (non-hydrogen) atoms. The summed E-state index contributed by atoms with van der Waals surface area (Å²) in [6.45, 7) is 0.386. The van der Waals surface area contributed by atoms with Crippen molar-refractivity contribution in [2.24, 2.45) is 0 Å². The van der Waals surface area contributed by atoms with Crippen LogP contribution in [0.5, 0.6) is 0 Å². The number of unbranched alkanes of at least 4 members (excludes halogenated alkanes) is 1. The second-order valence-corrected chi connectivity index (χ2v) is 9.19. The maximum atomic E-state index is 13.3. The Morgan fingerprint density at radius 2 is 1.91 bits per heavy atom. The van der Waals surface area contributed by atoms with Crippen molar-refractivity contribution in [3.05, 3.63) is 87.0 Å². The molecule has 0 unspecified atom stereocenters. The molecule has 4 aromatic rings. The Balaban J connectivity index is 1.44. The SMILES string of the molecule is O=C(CCCCSc1nc2ccccc2c(=O)n1-c1ccc(Cl)c(Cl)c1)NCc1ccco1. The van der Waals surface area contributed by atoms with E-state index in [0.29, 0.717) is 50.5 Å². The third-order valence-corrected chi connectivity index (χ3v) is 6.74. The molecule has 6 nitrogen and oxygen atoms in total. The fraction of sp³-hybridized carbons (Fsp3) is 0.208. The van der Waals surface area contributed by atoms with Gasteiger partial charge >= 0.3 is 0 Å². The maximum absolute atomic E-state index is 13.3. The molecule has 2 heterocycles. The number of para-hydroxylation sites is 1. The summed E-state index contributed by atoms with van der Waals surface area (Å²) in [4.78, 5) is 30.0. The Hall–Kier alpha value is -2.74. The van der Waals surface area contributed by atoms with Crippen LogP contribution >= 0.6 is 35.0 Å². The smallest absolute Gasteiger partial charge is 0.266 e. The number of nitrogens with zero attached hydrogens (tertiary/aromatic N) is 2. The van der Waals surface area contributed by atoms with Gasteiger partial charge in [0.2, 0.25) is 5.91 Å². The van der Waals surface area contributed by atoms with Crippen molar-refractivity contribution < 1.29 is 9.21 Å². The number of amides is 1. The zero-order chi connectivity index (χ0) is 23.2. The van der Waals surface area contributed by atoms with Gasteiger partial charge in [0.15, 0.2) is 5.16 Å². The van der Waals surface area contributed by atoms with Gasteiger partial charge in [-0.2, -0.15) is 0 Å². The number of nitrogens with one attached hydrogen (secondary N) is 1. The van der Waals surface area contributed by atoms with Crippen LogP contribution in [0.3, 0.4) is 0 Å². The highest BCUT2D eigenvalue weighted by Gasteiger charge is 2.14. The van der Waals surface area contributed by atoms with E-state index < -0.39 is 0 Å². The van der Waals surface area contributed by atoms with E-state index >= 15 is 0 Å². The van der Waals surface area contributed by atoms with E-state index in [4.69, 9.17) is 32.6 Å². The minimum atomic E-state index is -0.168. The molecule has 2 aromatic carbocycles. The van der Waals surface area contributed by atoms with E-state index in [1.807, 2.05) is 24.3 Å². The third-order valence-electron chi connectivity index (χ3n) is 4.98. The van der Waals surface area contributed by atoms with Crippen LogP contribution in [-0.2, 0) is 11.3 Å². The van der Waals surface area contributed by atoms with Gasteiger partial charge in [-0.15, -0.1) is 0 Å². The lowest BCUT2D eigenvalue weighted by molar-refractivity contribution is -0.121. The summed E-state index contributed by atoms with van der Waals surface area (Å²) in [5, 5.41) is 4.72. The first-order chi connectivity index (χ1) is 16.0. The zero-order valence-electron chi connectivity index (χ0n) is 17.6. The topological polar surface area (TPSA) is 77.1 Å². The molecule has 0 saturated carbocycles. The molecular formula is C24H21Cl2N3O3S. The number of rotatable bonds is 9. The van der Waals surface area contributed by atoms with E-state index in [9.17, 15) is 9.59 Å². The molecule has 1 N–H and O–H groups in total. The van der Waals surface area contributed by atoms with Crippen molar-refractivity contribution in [2.75, 3.05) is 5.75 Å². The second kappa shape index (κ2) is 10.9. The first-order valence-electron chi connectivity index (χ1n) is 10.4. The van der Waals surface area contributed by atoms with Gasteiger partial charge in [-0.25, -0.2) is 4.98 Å². The number of carbonyl (C=O) groups is 1. The average molecular weight is 502 g/mol. The quantitative estimate of drug-likeness (QED) is 0.176. The van der Waals surface area contributed by atoms with Crippen LogP contribution in [0.25, 0.3) is 16.6 Å². The molecule has 0 aliphatic carbocycles. The largest absolute Gasteiger partial charge is 0.467 e. The second-order valence-electron chi connectivity index (χ2n) is 7.31. The summed E-state index contributed by atoms with van der Waals surface area (Å²) in [5.41, 5.74) is 1.07. The van der Waals surface area contributed by atoms with Gasteiger partial charge in [-0.05, 0) is 55.3 Å². The highest BCUT2D eigenvalue weighted by molar-refractivity contribution is 7.99. The standard InChI is InChI=1S/C24H21Cl2N3O3S/c25-19-11-10-16(14-20(19)26)29-23(31)18-7-1-2-8-21(18)28-24(29)33-13-4-3-9-22(30)27-15-17-6-5-12-32-17/h1-2,5-8,10-12,14H,3-4,9,13,15H2,(H,27,30). The summed E-state index contributed by atoms with van der Waals surface area (Å²) in [5.74, 6) is 1.41. The van der Waals surface area contributed by atoms with E-state index in [1.54, 1.807) is 41.2 Å². The molecule has 9 heteroatoms. The lowest BCUT2D eigenvalue weighted by Crippen LogP contribution is -2.22. The number of halogens is 2. The Bertz CT molecular complexity index is 1320. The first kappa shape index (κ1) is 23.4. The number of carbonyl (C=O) groups excluding carboxylic acids is 1. The van der Waals surface area contributed by atoms with Gasteiger partial charge in [-0.1, -0.05) is 47.1 Å². The Morgan fingerprint density at radius 3 is 2.70 bits per heavy atom. The molecule has 1 amide bonds. The van der Waals surface area contributed by atoms with Crippen LogP contribution in [0.1, 0.15) is 25.0 Å². The number of furan rings is 1. The molecule has 0 aliphatic rings. The van der Waals surface area contributed by atoms with Gasteiger partial charge in [0.25, 0.3) is 5.56 Å². The number of aromatic nitrogens is 2. The molecule has 0 spiro atoms. The number of hydrogen-bond acceptors (Lipinski definition) is 5. The number of benzene rings is 2. The van der Waals surface area contributed by atoms with Crippen molar-refractivity contribution in [3.8, 4) is 5.69 Å². The zero-order valence-corrected chi connectivity index (χ0v) is 19.9. The molecule has 0 radical (unpaired) electrons. The molecule has 0 fully saturated rings. The summed E-state index contributed by atoms with van der Waals surface area (Å²) < 4.78 is 6.77. The van der Waals surface area contributed by atoms with Crippen LogP contribution in [0.2, 0.25) is 10.0 Å². The molecule has 170 valence electrons. The third kappa shape index (κ3) is 5.79. The molecule has 0 atom stereocenters. The van der Waals surface area contributed by atoms with Crippen molar-refractivity contribution in [1.82, 2.24) is 14.9 Å². The average Bonchev–Trinajstić information content (AvgIpc) is 3.33. The maximum Gasteiger partial charge on any atom is 0.266 e. The highest BCUT2D eigenvalue weighted by atomic mass is 35.5. The first-order valence-corrected chi connectivity index (χ1v) is 12.2. The van der Waals surface area contributed by atoms with Crippen LogP contribution in [-0.4, -0.2) is 21.2 Å². The van der Waals surface area contributed by atoms with Gasteiger partial charge in [0.1, 0.15) is 5.76 Å². The van der Waals surface area contributed by atoms with Gasteiger partial charge in [-0.3, -0.25) is 14.2 Å². The van der Waals surface area contributed by atoms with E-state index in [2.05, 4.69) is 5.32 Å². The van der Waals surface area contributed by atoms with Crippen molar-refractivity contribution in [1.29, 1.82) is 0 Å². The molecule has 2 aromatic heterocycles. The van der Waals surface area contributed by atoms with Gasteiger partial charge in [0, 0.05) is 12.2 Å². The normalized spacial score (nSPS) is 11.1. The predicted octanol–water partition coefficient (Wildman–Crippen LogP) is 5.86. The molecule has 4 rings (SSSR count). The number of fused-ring (bicyclic) bond motifs is 1. The van der Waals surface area contributed by atoms with Gasteiger partial charge < -0.3 is 9.73 Å². The molecule has 0 saturated heterocycles. The van der Waals surface area contributed by atoms with Gasteiger partial charge in [0.05, 0.1) is 39.4 Å². The van der Waals surface area contributed by atoms with Crippen molar-refractivity contribution >= 4 is 51.8 Å². The minimum Gasteiger partial charge on any atom is -0.467 e. The predicted molar refractivity (Wildman–Crippen MR) is 132 cm³/mol. The summed E-state index contributed by atoms with van der Waals surface area (Å²) in [6.07, 6.45) is 3.52. The lowest BCUT2D eigenvalue weighted by atomic mass is 10.2. The number of thioether (sulfide) groups is 1. The van der Waals surface area contributed by atoms with Crippen LogP contribution in [0.4, 0.5) is 0 Å². The summed E-state index contributed by atoms with van der Waals surface area (Å²) in [6, 6.07) is 15.9. The molecule has 0 aliphatic heterocycles. The van der Waals surface area contributed by atoms with Crippen LogP contribution in [0, 0.1) is 0 Å². The van der Waals surface area contributed by atoms with E-state index in [1.165, 1.54) is 11.8 Å². The lowest BCUT2D eigenvalue weighted by Gasteiger charge is -2.14. The highest BCUT2D eigenvalue weighted by Crippen LogP contribution is 2.27. The summed E-state index contributed by atoms with van der Waals surface area (Å²) >= 11 is 13.7. The fourth-order valence-corrected chi connectivity index (χ4v) is 4.60.